The average Bonchev–Trinajstić information content (AvgIpc) is 3.20. The molecule has 4 rings (SSSR count). The molecule has 1 fully saturated rings. The average molecular weight is 381 g/mol. The van der Waals surface area contributed by atoms with Crippen LogP contribution in [0.3, 0.4) is 0 Å². The largest absolute Gasteiger partial charge is 0.496 e. The lowest BCUT2D eigenvalue weighted by molar-refractivity contribution is -0.144. The second kappa shape index (κ2) is 7.82. The SMILES string of the molecule is COc1ccccc1C1C(C(=O)OC2CCCC2)=C(C)NC2=CCCC(=O)C21. The maximum absolute atomic E-state index is 13.2. The highest BCUT2D eigenvalue weighted by molar-refractivity contribution is 5.96. The topological polar surface area (TPSA) is 64.6 Å². The van der Waals surface area contributed by atoms with Crippen molar-refractivity contribution in [2.75, 3.05) is 7.11 Å². The Hall–Kier alpha value is -2.56. The van der Waals surface area contributed by atoms with Crippen molar-refractivity contribution in [3.8, 4) is 5.75 Å². The van der Waals surface area contributed by atoms with Crippen LogP contribution in [-0.4, -0.2) is 25.0 Å². The number of allylic oxidation sites excluding steroid dienone is 3. The summed E-state index contributed by atoms with van der Waals surface area (Å²) in [7, 11) is 1.62. The van der Waals surface area contributed by atoms with Crippen LogP contribution in [0.4, 0.5) is 0 Å². The Morgan fingerprint density at radius 1 is 1.14 bits per heavy atom. The second-order valence-electron chi connectivity index (χ2n) is 7.84. The summed E-state index contributed by atoms with van der Waals surface area (Å²) in [5, 5.41) is 3.32. The van der Waals surface area contributed by atoms with E-state index in [1.807, 2.05) is 31.2 Å². The maximum atomic E-state index is 13.2. The number of carbonyl (C=O) groups is 2. The van der Waals surface area contributed by atoms with Gasteiger partial charge < -0.3 is 14.8 Å². The summed E-state index contributed by atoms with van der Waals surface area (Å²) in [4.78, 5) is 26.2. The van der Waals surface area contributed by atoms with E-state index in [1.165, 1.54) is 0 Å². The normalized spacial score (nSPS) is 25.1. The van der Waals surface area contributed by atoms with Crippen LogP contribution in [0, 0.1) is 5.92 Å². The molecule has 3 aliphatic rings. The number of benzene rings is 1. The Kier molecular flexibility index (Phi) is 5.25. The molecule has 0 bridgehead atoms. The highest BCUT2D eigenvalue weighted by Gasteiger charge is 2.44. The summed E-state index contributed by atoms with van der Waals surface area (Å²) in [5.74, 6) is -0.277. The monoisotopic (exact) mass is 381 g/mol. The molecule has 1 aromatic rings. The predicted octanol–water partition coefficient (Wildman–Crippen LogP) is 4.00. The van der Waals surface area contributed by atoms with Crippen molar-refractivity contribution in [3.05, 3.63) is 52.9 Å². The number of hydrogen-bond acceptors (Lipinski definition) is 5. The summed E-state index contributed by atoms with van der Waals surface area (Å²) >= 11 is 0. The van der Waals surface area contributed by atoms with E-state index in [-0.39, 0.29) is 17.9 Å². The van der Waals surface area contributed by atoms with Gasteiger partial charge in [-0.15, -0.1) is 0 Å². The van der Waals surface area contributed by atoms with Crippen molar-refractivity contribution in [1.29, 1.82) is 0 Å². The Morgan fingerprint density at radius 3 is 2.64 bits per heavy atom. The van der Waals surface area contributed by atoms with E-state index < -0.39 is 11.8 Å². The van der Waals surface area contributed by atoms with Gasteiger partial charge >= 0.3 is 5.97 Å². The molecule has 0 saturated heterocycles. The van der Waals surface area contributed by atoms with Crippen LogP contribution in [0.5, 0.6) is 5.75 Å². The molecule has 2 unspecified atom stereocenters. The quantitative estimate of drug-likeness (QED) is 0.799. The van der Waals surface area contributed by atoms with Crippen molar-refractivity contribution in [1.82, 2.24) is 5.32 Å². The van der Waals surface area contributed by atoms with Crippen LogP contribution in [-0.2, 0) is 14.3 Å². The summed E-state index contributed by atoms with van der Waals surface area (Å²) in [6.45, 7) is 1.89. The Balaban J connectivity index is 1.80. The van der Waals surface area contributed by atoms with Gasteiger partial charge in [-0.05, 0) is 45.1 Å². The smallest absolute Gasteiger partial charge is 0.336 e. The zero-order valence-electron chi connectivity index (χ0n) is 16.5. The van der Waals surface area contributed by atoms with Crippen LogP contribution in [0.15, 0.2) is 47.3 Å². The highest BCUT2D eigenvalue weighted by atomic mass is 16.5. The van der Waals surface area contributed by atoms with E-state index >= 15 is 0 Å². The number of para-hydroxylation sites is 1. The fourth-order valence-corrected chi connectivity index (χ4v) is 4.76. The first-order valence-electron chi connectivity index (χ1n) is 10.1. The number of ketones is 1. The number of fused-ring (bicyclic) bond motifs is 1. The lowest BCUT2D eigenvalue weighted by atomic mass is 9.71. The number of hydrogen-bond donors (Lipinski definition) is 1. The van der Waals surface area contributed by atoms with Crippen LogP contribution < -0.4 is 10.1 Å². The molecule has 148 valence electrons. The minimum Gasteiger partial charge on any atom is -0.496 e. The highest BCUT2D eigenvalue weighted by Crippen LogP contribution is 2.46. The van der Waals surface area contributed by atoms with Crippen molar-refractivity contribution < 1.29 is 19.1 Å². The maximum Gasteiger partial charge on any atom is 0.336 e. The van der Waals surface area contributed by atoms with E-state index in [0.29, 0.717) is 17.7 Å². The van der Waals surface area contributed by atoms with E-state index in [0.717, 1.165) is 49.1 Å². The summed E-state index contributed by atoms with van der Waals surface area (Å²) < 4.78 is 11.4. The number of ether oxygens (including phenoxy) is 2. The van der Waals surface area contributed by atoms with Gasteiger partial charge in [0.05, 0.1) is 18.6 Å². The van der Waals surface area contributed by atoms with Gasteiger partial charge in [-0.1, -0.05) is 24.3 Å². The lowest BCUT2D eigenvalue weighted by Gasteiger charge is -2.38. The standard InChI is InChI=1S/C23H27NO4/c1-14-20(23(26)28-15-8-3-4-9-15)21(16-10-5-6-13-19(16)27-2)22-17(24-14)11-7-12-18(22)25/h5-6,10-11,13,15,21-22,24H,3-4,7-9,12H2,1-2H3. The predicted molar refractivity (Wildman–Crippen MR) is 106 cm³/mol. The van der Waals surface area contributed by atoms with Crippen molar-refractivity contribution in [3.63, 3.8) is 0 Å². The van der Waals surface area contributed by atoms with E-state index in [1.54, 1.807) is 7.11 Å². The van der Waals surface area contributed by atoms with Gasteiger partial charge in [-0.2, -0.15) is 0 Å². The number of rotatable bonds is 4. The molecule has 1 aliphatic heterocycles. The summed E-state index contributed by atoms with van der Waals surface area (Å²) in [6, 6.07) is 7.65. The lowest BCUT2D eigenvalue weighted by Crippen LogP contribution is -2.41. The number of methoxy groups -OCH3 is 1. The number of Topliss-reactive ketones (excluding diaryl/α,β-unsaturated/α-hetero) is 1. The minimum absolute atomic E-state index is 0.0230. The third-order valence-corrected chi connectivity index (χ3v) is 6.09. The molecule has 1 aromatic carbocycles. The number of esters is 1. The molecule has 0 spiro atoms. The first-order valence-corrected chi connectivity index (χ1v) is 10.1. The van der Waals surface area contributed by atoms with Gasteiger partial charge in [-0.25, -0.2) is 4.79 Å². The molecule has 2 aliphatic carbocycles. The molecule has 0 radical (unpaired) electrons. The van der Waals surface area contributed by atoms with Crippen molar-refractivity contribution >= 4 is 11.8 Å². The molecule has 1 heterocycles. The molecular weight excluding hydrogens is 354 g/mol. The fraction of sp³-hybridized carbons (Fsp3) is 0.478. The third-order valence-electron chi connectivity index (χ3n) is 6.09. The first kappa shape index (κ1) is 18.8. The van der Waals surface area contributed by atoms with E-state index in [9.17, 15) is 9.59 Å². The molecule has 5 heteroatoms. The van der Waals surface area contributed by atoms with Crippen molar-refractivity contribution in [2.24, 2.45) is 5.92 Å². The van der Waals surface area contributed by atoms with Gasteiger partial charge in [0.25, 0.3) is 0 Å². The van der Waals surface area contributed by atoms with Gasteiger partial charge in [0.2, 0.25) is 0 Å². The third kappa shape index (κ3) is 3.34. The molecule has 28 heavy (non-hydrogen) atoms. The molecule has 0 amide bonds. The summed E-state index contributed by atoms with van der Waals surface area (Å²) in [6.07, 6.45) is 7.30. The molecule has 1 N–H and O–H groups in total. The van der Waals surface area contributed by atoms with Gasteiger partial charge in [-0.3, -0.25) is 4.79 Å². The van der Waals surface area contributed by atoms with Crippen LogP contribution >= 0.6 is 0 Å². The van der Waals surface area contributed by atoms with Gasteiger partial charge in [0.15, 0.2) is 0 Å². The summed E-state index contributed by atoms with van der Waals surface area (Å²) in [5.41, 5.74) is 3.06. The second-order valence-corrected chi connectivity index (χ2v) is 7.84. The Morgan fingerprint density at radius 2 is 1.89 bits per heavy atom. The molecule has 2 atom stereocenters. The van der Waals surface area contributed by atoms with Gasteiger partial charge in [0, 0.05) is 29.3 Å². The zero-order chi connectivity index (χ0) is 19.7. The van der Waals surface area contributed by atoms with Crippen molar-refractivity contribution in [2.45, 2.75) is 57.5 Å². The van der Waals surface area contributed by atoms with Crippen LogP contribution in [0.2, 0.25) is 0 Å². The first-order chi connectivity index (χ1) is 13.6. The number of nitrogens with one attached hydrogen (secondary N) is 1. The Bertz CT molecular complexity index is 848. The molecular formula is C23H27NO4. The molecule has 1 saturated carbocycles. The van der Waals surface area contributed by atoms with Gasteiger partial charge in [0.1, 0.15) is 17.6 Å². The fourth-order valence-electron chi connectivity index (χ4n) is 4.76. The number of carbonyl (C=O) groups excluding carboxylic acids is 2. The van der Waals surface area contributed by atoms with E-state index in [4.69, 9.17) is 9.47 Å². The van der Waals surface area contributed by atoms with Crippen LogP contribution in [0.1, 0.15) is 56.9 Å². The molecule has 0 aromatic heterocycles. The van der Waals surface area contributed by atoms with E-state index in [2.05, 4.69) is 11.4 Å². The molecule has 5 nitrogen and oxygen atoms in total. The van der Waals surface area contributed by atoms with Crippen LogP contribution in [0.25, 0.3) is 0 Å². The minimum atomic E-state index is -0.403. The Labute approximate surface area is 165 Å². The zero-order valence-corrected chi connectivity index (χ0v) is 16.5.